The monoisotopic (exact) mass is 285 g/mol. The maximum atomic E-state index is 6.20. The van der Waals surface area contributed by atoms with Crippen molar-refractivity contribution >= 4 is 0 Å². The van der Waals surface area contributed by atoms with Crippen molar-refractivity contribution in [2.24, 2.45) is 5.73 Å². The Balaban J connectivity index is 1.75. The fraction of sp³-hybridized carbons (Fsp3) is 0.471. The molecule has 21 heavy (non-hydrogen) atoms. The third-order valence-electron chi connectivity index (χ3n) is 4.15. The van der Waals surface area contributed by atoms with Gasteiger partial charge < -0.3 is 10.5 Å². The van der Waals surface area contributed by atoms with Crippen molar-refractivity contribution in [2.75, 3.05) is 0 Å². The summed E-state index contributed by atoms with van der Waals surface area (Å²) >= 11 is 0. The molecule has 112 valence electrons. The van der Waals surface area contributed by atoms with E-state index in [9.17, 15) is 0 Å². The lowest BCUT2D eigenvalue weighted by molar-refractivity contribution is 0.291. The molecule has 1 aliphatic carbocycles. The van der Waals surface area contributed by atoms with Crippen molar-refractivity contribution < 1.29 is 4.74 Å². The Morgan fingerprint density at radius 3 is 3.05 bits per heavy atom. The van der Waals surface area contributed by atoms with Crippen LogP contribution in [0.1, 0.15) is 48.3 Å². The molecule has 2 N–H and O–H groups in total. The van der Waals surface area contributed by atoms with Crippen LogP contribution in [0.5, 0.6) is 5.75 Å². The zero-order valence-corrected chi connectivity index (χ0v) is 12.8. The molecule has 0 bridgehead atoms. The van der Waals surface area contributed by atoms with E-state index < -0.39 is 0 Å². The number of benzene rings is 1. The van der Waals surface area contributed by atoms with Crippen LogP contribution >= 0.6 is 0 Å². The van der Waals surface area contributed by atoms with Gasteiger partial charge in [0.1, 0.15) is 12.4 Å². The van der Waals surface area contributed by atoms with Gasteiger partial charge in [0.2, 0.25) is 0 Å². The number of rotatable bonds is 4. The predicted molar refractivity (Wildman–Crippen MR) is 83.3 cm³/mol. The van der Waals surface area contributed by atoms with Crippen LogP contribution in [-0.2, 0) is 19.6 Å². The summed E-state index contributed by atoms with van der Waals surface area (Å²) in [6.45, 7) is 5.51. The van der Waals surface area contributed by atoms with E-state index in [1.165, 1.54) is 17.5 Å². The molecule has 0 saturated carbocycles. The Kier molecular flexibility index (Phi) is 3.97. The Morgan fingerprint density at radius 2 is 2.24 bits per heavy atom. The maximum Gasteiger partial charge on any atom is 0.130 e. The molecule has 2 aromatic rings. The molecule has 0 spiro atoms. The van der Waals surface area contributed by atoms with E-state index in [1.807, 2.05) is 11.6 Å². The number of aromatic nitrogens is 2. The molecule has 4 heteroatoms. The summed E-state index contributed by atoms with van der Waals surface area (Å²) in [4.78, 5) is 0. The van der Waals surface area contributed by atoms with Crippen LogP contribution in [0.3, 0.4) is 0 Å². The van der Waals surface area contributed by atoms with Gasteiger partial charge in [-0.3, -0.25) is 4.68 Å². The predicted octanol–water partition coefficient (Wildman–Crippen LogP) is 3.13. The van der Waals surface area contributed by atoms with Crippen molar-refractivity contribution in [1.82, 2.24) is 9.78 Å². The highest BCUT2D eigenvalue weighted by atomic mass is 16.5. The van der Waals surface area contributed by atoms with Crippen LogP contribution in [0.25, 0.3) is 0 Å². The highest BCUT2D eigenvalue weighted by Gasteiger charge is 2.17. The zero-order chi connectivity index (χ0) is 14.8. The third kappa shape index (κ3) is 2.95. The summed E-state index contributed by atoms with van der Waals surface area (Å²) in [5, 5.41) is 4.44. The van der Waals surface area contributed by atoms with Gasteiger partial charge in [-0.25, -0.2) is 0 Å². The van der Waals surface area contributed by atoms with E-state index >= 15 is 0 Å². The van der Waals surface area contributed by atoms with Crippen molar-refractivity contribution in [3.8, 4) is 5.75 Å². The van der Waals surface area contributed by atoms with Gasteiger partial charge in [-0.2, -0.15) is 5.10 Å². The van der Waals surface area contributed by atoms with Crippen LogP contribution < -0.4 is 10.5 Å². The molecule has 1 atom stereocenters. The quantitative estimate of drug-likeness (QED) is 0.939. The van der Waals surface area contributed by atoms with Crippen molar-refractivity contribution in [2.45, 2.75) is 52.3 Å². The molecular weight excluding hydrogens is 262 g/mol. The van der Waals surface area contributed by atoms with Crippen LogP contribution in [-0.4, -0.2) is 9.78 Å². The summed E-state index contributed by atoms with van der Waals surface area (Å²) in [5.41, 5.74) is 11.0. The Hall–Kier alpha value is -1.81. The van der Waals surface area contributed by atoms with Crippen LogP contribution in [0.15, 0.2) is 24.3 Å². The number of hydrogen-bond acceptors (Lipinski definition) is 3. The molecule has 4 nitrogen and oxygen atoms in total. The first-order chi connectivity index (χ1) is 10.2. The fourth-order valence-corrected chi connectivity index (χ4v) is 3.05. The molecule has 0 fully saturated rings. The van der Waals surface area contributed by atoms with Crippen molar-refractivity contribution in [1.29, 1.82) is 0 Å². The second kappa shape index (κ2) is 5.90. The van der Waals surface area contributed by atoms with Gasteiger partial charge in [0.25, 0.3) is 0 Å². The van der Waals surface area contributed by atoms with Gasteiger partial charge in [0.05, 0.1) is 11.4 Å². The van der Waals surface area contributed by atoms with E-state index in [4.69, 9.17) is 10.5 Å². The van der Waals surface area contributed by atoms with Gasteiger partial charge in [-0.15, -0.1) is 0 Å². The fourth-order valence-electron chi connectivity index (χ4n) is 3.05. The summed E-state index contributed by atoms with van der Waals surface area (Å²) in [6.07, 6.45) is 3.38. The van der Waals surface area contributed by atoms with Gasteiger partial charge in [0.15, 0.2) is 0 Å². The minimum absolute atomic E-state index is 0.153. The zero-order valence-electron chi connectivity index (χ0n) is 12.8. The Labute approximate surface area is 125 Å². The molecule has 3 rings (SSSR count). The smallest absolute Gasteiger partial charge is 0.130 e. The minimum atomic E-state index is 0.153. The molecule has 1 heterocycles. The summed E-state index contributed by atoms with van der Waals surface area (Å²) < 4.78 is 7.93. The SMILES string of the molecule is CCn1nc(C)cc1COc1ccc2c(c1)[C@@H](N)CCC2. The van der Waals surface area contributed by atoms with Crippen LogP contribution in [0.2, 0.25) is 0 Å². The second-order valence-electron chi connectivity index (χ2n) is 5.74. The first-order valence-electron chi connectivity index (χ1n) is 7.72. The van der Waals surface area contributed by atoms with Crippen molar-refractivity contribution in [3.05, 3.63) is 46.8 Å². The van der Waals surface area contributed by atoms with E-state index in [0.29, 0.717) is 6.61 Å². The topological polar surface area (TPSA) is 53.1 Å². The van der Waals surface area contributed by atoms with Gasteiger partial charge in [-0.1, -0.05) is 6.07 Å². The average Bonchev–Trinajstić information content (AvgIpc) is 2.86. The normalized spacial score (nSPS) is 17.6. The highest BCUT2D eigenvalue weighted by Crippen LogP contribution is 2.31. The first-order valence-corrected chi connectivity index (χ1v) is 7.72. The van der Waals surface area contributed by atoms with Crippen LogP contribution in [0.4, 0.5) is 0 Å². The minimum Gasteiger partial charge on any atom is -0.487 e. The molecule has 1 aliphatic rings. The van der Waals surface area contributed by atoms with E-state index in [0.717, 1.165) is 36.5 Å². The van der Waals surface area contributed by atoms with E-state index in [1.54, 1.807) is 0 Å². The molecule has 0 unspecified atom stereocenters. The number of hydrogen-bond donors (Lipinski definition) is 1. The maximum absolute atomic E-state index is 6.20. The van der Waals surface area contributed by atoms with Gasteiger partial charge in [0, 0.05) is 12.6 Å². The Bertz CT molecular complexity index is 633. The van der Waals surface area contributed by atoms with Gasteiger partial charge >= 0.3 is 0 Å². The second-order valence-corrected chi connectivity index (χ2v) is 5.74. The van der Waals surface area contributed by atoms with Crippen molar-refractivity contribution in [3.63, 3.8) is 0 Å². The lowest BCUT2D eigenvalue weighted by Gasteiger charge is -2.22. The number of aryl methyl sites for hydroxylation is 3. The molecule has 0 radical (unpaired) electrons. The number of fused-ring (bicyclic) bond motifs is 1. The standard InChI is InChI=1S/C17H23N3O/c1-3-20-14(9-12(2)19-20)11-21-15-8-7-13-5-4-6-17(18)16(13)10-15/h7-10,17H,3-6,11,18H2,1-2H3/t17-/m0/s1. The molecule has 1 aromatic heterocycles. The summed E-state index contributed by atoms with van der Waals surface area (Å²) in [6, 6.07) is 8.55. The number of ether oxygens (including phenoxy) is 1. The summed E-state index contributed by atoms with van der Waals surface area (Å²) in [7, 11) is 0. The van der Waals surface area contributed by atoms with E-state index in [2.05, 4.69) is 36.3 Å². The number of nitrogens with two attached hydrogens (primary N) is 1. The number of nitrogens with zero attached hydrogens (tertiary/aromatic N) is 2. The Morgan fingerprint density at radius 1 is 1.38 bits per heavy atom. The molecule has 0 saturated heterocycles. The average molecular weight is 285 g/mol. The van der Waals surface area contributed by atoms with E-state index in [-0.39, 0.29) is 6.04 Å². The molecule has 0 aliphatic heterocycles. The third-order valence-corrected chi connectivity index (χ3v) is 4.15. The van der Waals surface area contributed by atoms with Gasteiger partial charge in [-0.05, 0) is 62.4 Å². The largest absolute Gasteiger partial charge is 0.487 e. The lowest BCUT2D eigenvalue weighted by atomic mass is 9.88. The highest BCUT2D eigenvalue weighted by molar-refractivity contribution is 5.39. The summed E-state index contributed by atoms with van der Waals surface area (Å²) in [5.74, 6) is 0.896. The van der Waals surface area contributed by atoms with Crippen LogP contribution in [0, 0.1) is 6.92 Å². The molecule has 0 amide bonds. The molecular formula is C17H23N3O. The molecule has 1 aromatic carbocycles. The lowest BCUT2D eigenvalue weighted by Crippen LogP contribution is -2.17. The first kappa shape index (κ1) is 14.1.